The fourth-order valence-corrected chi connectivity index (χ4v) is 4.70. The number of nitrogens with zero attached hydrogens (tertiary/aromatic N) is 3. The molecule has 0 saturated carbocycles. The Labute approximate surface area is 214 Å². The fraction of sp³-hybridized carbons (Fsp3) is 0.212. The molecule has 0 atom stereocenters. The summed E-state index contributed by atoms with van der Waals surface area (Å²) in [6, 6.07) is 21.0. The summed E-state index contributed by atoms with van der Waals surface area (Å²) in [4.78, 5) is 0. The van der Waals surface area contributed by atoms with Gasteiger partial charge in [0.05, 0.1) is 0 Å². The largest absolute Gasteiger partial charge is 0.275 e. The van der Waals surface area contributed by atoms with Gasteiger partial charge < -0.3 is 0 Å². The summed E-state index contributed by atoms with van der Waals surface area (Å²) in [7, 11) is 0. The van der Waals surface area contributed by atoms with Crippen LogP contribution in [0.5, 0.6) is 0 Å². The normalized spacial score (nSPS) is 16.0. The van der Waals surface area contributed by atoms with E-state index in [-0.39, 0.29) is 5.41 Å². The van der Waals surface area contributed by atoms with Gasteiger partial charge in [0.1, 0.15) is 0 Å². The van der Waals surface area contributed by atoms with Gasteiger partial charge in [0.2, 0.25) is 0 Å². The van der Waals surface area contributed by atoms with Crippen LogP contribution < -0.4 is 0 Å². The van der Waals surface area contributed by atoms with Crippen LogP contribution >= 0.6 is 0 Å². The lowest BCUT2D eigenvalue weighted by Gasteiger charge is -2.18. The lowest BCUT2D eigenvalue weighted by Crippen LogP contribution is -2.05. The molecule has 1 heterocycles. The van der Waals surface area contributed by atoms with Crippen LogP contribution in [0.15, 0.2) is 115 Å². The molecule has 2 aromatic carbocycles. The number of allylic oxidation sites excluding steroid dienone is 12. The van der Waals surface area contributed by atoms with Crippen molar-refractivity contribution in [2.45, 2.75) is 40.0 Å². The van der Waals surface area contributed by atoms with E-state index in [4.69, 9.17) is 10.2 Å². The summed E-state index contributed by atoms with van der Waals surface area (Å²) in [5.41, 5.74) is 7.36. The Morgan fingerprint density at radius 3 is 2.17 bits per heavy atom. The topological polar surface area (TPSA) is 30.7 Å². The molecule has 5 rings (SSSR count). The highest BCUT2D eigenvalue weighted by molar-refractivity contribution is 5.81. The second-order valence-electron chi connectivity index (χ2n) is 10.5. The Kier molecular flexibility index (Phi) is 6.81. The third-order valence-electron chi connectivity index (χ3n) is 6.37. The van der Waals surface area contributed by atoms with Gasteiger partial charge in [0.15, 0.2) is 11.6 Å². The first-order valence-corrected chi connectivity index (χ1v) is 12.7. The Morgan fingerprint density at radius 2 is 1.44 bits per heavy atom. The molecule has 1 aromatic heterocycles. The van der Waals surface area contributed by atoms with Crippen molar-refractivity contribution in [3.05, 3.63) is 132 Å². The van der Waals surface area contributed by atoms with E-state index in [0.29, 0.717) is 0 Å². The third-order valence-corrected chi connectivity index (χ3v) is 6.37. The Hall–Kier alpha value is -3.98. The van der Waals surface area contributed by atoms with E-state index < -0.39 is 0 Å². The minimum atomic E-state index is 0.252. The molecule has 36 heavy (non-hydrogen) atoms. The first-order valence-electron chi connectivity index (χ1n) is 12.7. The fourth-order valence-electron chi connectivity index (χ4n) is 4.70. The number of hydrogen-bond donors (Lipinski definition) is 0. The van der Waals surface area contributed by atoms with E-state index in [1.807, 2.05) is 6.07 Å². The number of rotatable bonds is 5. The van der Waals surface area contributed by atoms with Crippen molar-refractivity contribution in [1.82, 2.24) is 14.8 Å². The molecule has 3 aromatic rings. The Balaban J connectivity index is 1.55. The predicted octanol–water partition coefficient (Wildman–Crippen LogP) is 8.40. The standard InChI is InChI=1S/C33H33N3/c1-33(2,3)24-25-12-10-16-28(21-20-25)31-34-35-32(36(31)30-18-8-5-9-19-30)29-17-11-15-27(22-23-29)26-13-6-4-7-14-26/h4-9,11-14,16-23H,10,15,24H2,1-3H3. The highest BCUT2D eigenvalue weighted by Gasteiger charge is 2.20. The van der Waals surface area contributed by atoms with Gasteiger partial charge in [-0.1, -0.05) is 123 Å². The zero-order valence-corrected chi connectivity index (χ0v) is 21.4. The number of benzene rings is 2. The van der Waals surface area contributed by atoms with Gasteiger partial charge in [-0.25, -0.2) is 0 Å². The molecule has 180 valence electrons. The molecule has 0 saturated heterocycles. The first-order chi connectivity index (χ1) is 17.5. The average Bonchev–Trinajstić information content (AvgIpc) is 3.02. The van der Waals surface area contributed by atoms with Crippen LogP contribution in [-0.4, -0.2) is 14.8 Å². The van der Waals surface area contributed by atoms with Crippen LogP contribution in [0.2, 0.25) is 0 Å². The number of aromatic nitrogens is 3. The van der Waals surface area contributed by atoms with E-state index in [1.54, 1.807) is 0 Å². The van der Waals surface area contributed by atoms with E-state index in [0.717, 1.165) is 47.7 Å². The van der Waals surface area contributed by atoms with E-state index >= 15 is 0 Å². The molecule has 0 spiro atoms. The summed E-state index contributed by atoms with van der Waals surface area (Å²) < 4.78 is 2.18. The lowest BCUT2D eigenvalue weighted by molar-refractivity contribution is 0.413. The molecule has 0 bridgehead atoms. The minimum absolute atomic E-state index is 0.252. The molecule has 0 radical (unpaired) electrons. The van der Waals surface area contributed by atoms with Gasteiger partial charge >= 0.3 is 0 Å². The number of hydrogen-bond acceptors (Lipinski definition) is 2. The molecule has 0 N–H and O–H groups in total. The molecule has 0 unspecified atom stereocenters. The van der Waals surface area contributed by atoms with Crippen molar-refractivity contribution in [3.63, 3.8) is 0 Å². The van der Waals surface area contributed by atoms with E-state index in [2.05, 4.69) is 129 Å². The smallest absolute Gasteiger partial charge is 0.168 e. The molecule has 3 heteroatoms. The molecule has 0 fully saturated rings. The molecule has 2 aliphatic rings. The lowest BCUT2D eigenvalue weighted by atomic mass is 9.87. The van der Waals surface area contributed by atoms with Crippen LogP contribution in [0.25, 0.3) is 22.4 Å². The van der Waals surface area contributed by atoms with Gasteiger partial charge in [-0.15, -0.1) is 10.2 Å². The Bertz CT molecular complexity index is 1400. The van der Waals surface area contributed by atoms with E-state index in [1.165, 1.54) is 16.7 Å². The van der Waals surface area contributed by atoms with Gasteiger partial charge in [-0.3, -0.25) is 4.57 Å². The quantitative estimate of drug-likeness (QED) is 0.374. The molecule has 2 aliphatic carbocycles. The SMILES string of the molecule is CC(C)(C)CC1=CCC=C(c2nnc(C3=CC=C(c4ccccc4)CC=C3)n2-c2ccccc2)C=C1. The zero-order valence-electron chi connectivity index (χ0n) is 21.4. The molecule has 0 amide bonds. The number of para-hydroxylation sites is 1. The van der Waals surface area contributed by atoms with Crippen LogP contribution in [0.3, 0.4) is 0 Å². The predicted molar refractivity (Wildman–Crippen MR) is 151 cm³/mol. The maximum absolute atomic E-state index is 4.72. The second kappa shape index (κ2) is 10.3. The van der Waals surface area contributed by atoms with Crippen molar-refractivity contribution in [1.29, 1.82) is 0 Å². The minimum Gasteiger partial charge on any atom is -0.275 e. The van der Waals surface area contributed by atoms with Gasteiger partial charge in [-0.2, -0.15) is 0 Å². The van der Waals surface area contributed by atoms with Crippen molar-refractivity contribution in [3.8, 4) is 5.69 Å². The van der Waals surface area contributed by atoms with Crippen LogP contribution in [0.4, 0.5) is 0 Å². The summed E-state index contributed by atoms with van der Waals surface area (Å²) >= 11 is 0. The second-order valence-corrected chi connectivity index (χ2v) is 10.5. The maximum Gasteiger partial charge on any atom is 0.168 e. The Morgan fingerprint density at radius 1 is 0.750 bits per heavy atom. The van der Waals surface area contributed by atoms with Crippen LogP contribution in [0.1, 0.15) is 57.2 Å². The highest BCUT2D eigenvalue weighted by atomic mass is 15.3. The van der Waals surface area contributed by atoms with Crippen molar-refractivity contribution in [2.24, 2.45) is 5.41 Å². The highest BCUT2D eigenvalue weighted by Crippen LogP contribution is 2.31. The summed E-state index contributed by atoms with van der Waals surface area (Å²) in [5.74, 6) is 1.71. The van der Waals surface area contributed by atoms with E-state index in [9.17, 15) is 0 Å². The summed E-state index contributed by atoms with van der Waals surface area (Å²) in [6.45, 7) is 6.85. The molecular weight excluding hydrogens is 438 g/mol. The average molecular weight is 472 g/mol. The zero-order chi connectivity index (χ0) is 25.0. The molecule has 0 aliphatic heterocycles. The van der Waals surface area contributed by atoms with Crippen LogP contribution in [-0.2, 0) is 0 Å². The van der Waals surface area contributed by atoms with Crippen molar-refractivity contribution >= 4 is 16.7 Å². The third kappa shape index (κ3) is 5.46. The monoisotopic (exact) mass is 471 g/mol. The van der Waals surface area contributed by atoms with Crippen molar-refractivity contribution in [2.75, 3.05) is 0 Å². The first kappa shape index (κ1) is 23.7. The van der Waals surface area contributed by atoms with Crippen LogP contribution in [0, 0.1) is 5.41 Å². The van der Waals surface area contributed by atoms with Crippen molar-refractivity contribution < 1.29 is 0 Å². The van der Waals surface area contributed by atoms with Gasteiger partial charge in [0.25, 0.3) is 0 Å². The summed E-state index contributed by atoms with van der Waals surface area (Å²) in [6.07, 6.45) is 20.6. The summed E-state index contributed by atoms with van der Waals surface area (Å²) in [5, 5.41) is 9.43. The molecule has 3 nitrogen and oxygen atoms in total. The van der Waals surface area contributed by atoms with Gasteiger partial charge in [0, 0.05) is 16.8 Å². The maximum atomic E-state index is 4.72. The molecular formula is C33H33N3. The van der Waals surface area contributed by atoms with Gasteiger partial charge in [-0.05, 0) is 47.9 Å².